The molecule has 0 saturated carbocycles. The molecule has 29 heavy (non-hydrogen) atoms. The molecule has 1 spiro atoms. The van der Waals surface area contributed by atoms with Gasteiger partial charge in [0.25, 0.3) is 0 Å². The van der Waals surface area contributed by atoms with Gasteiger partial charge in [0.15, 0.2) is 0 Å². The number of methoxy groups -OCH3 is 1. The van der Waals surface area contributed by atoms with Crippen molar-refractivity contribution in [2.24, 2.45) is 0 Å². The van der Waals surface area contributed by atoms with Crippen LogP contribution in [0.5, 0.6) is 5.75 Å². The second-order valence-corrected chi connectivity index (χ2v) is 7.63. The number of rotatable bonds is 3. The smallest absolute Gasteiger partial charge is 0.243 e. The summed E-state index contributed by atoms with van der Waals surface area (Å²) in [4.78, 5) is 28.1. The highest BCUT2D eigenvalue weighted by Gasteiger charge is 2.56. The summed E-state index contributed by atoms with van der Waals surface area (Å²) in [5, 5.41) is 10.3. The Morgan fingerprint density at radius 3 is 2.72 bits per heavy atom. The molecule has 8 heteroatoms. The van der Waals surface area contributed by atoms with E-state index in [1.54, 1.807) is 30.3 Å². The number of nitrogens with zero attached hydrogens (tertiary/aromatic N) is 2. The minimum Gasteiger partial charge on any atom is -0.497 e. The Morgan fingerprint density at radius 1 is 1.17 bits per heavy atom. The van der Waals surface area contributed by atoms with E-state index in [-0.39, 0.29) is 18.2 Å². The molecule has 0 saturated heterocycles. The van der Waals surface area contributed by atoms with Crippen LogP contribution in [0.3, 0.4) is 0 Å². The third kappa shape index (κ3) is 2.54. The van der Waals surface area contributed by atoms with Crippen molar-refractivity contribution in [1.82, 2.24) is 10.2 Å². The molecule has 146 valence electrons. The number of H-pyrrole nitrogens is 1. The molecule has 3 heterocycles. The molecule has 2 aliphatic heterocycles. The molecule has 7 nitrogen and oxygen atoms in total. The average molecular weight is 409 g/mol. The summed E-state index contributed by atoms with van der Waals surface area (Å²) < 4.78 is 5.40. The zero-order valence-corrected chi connectivity index (χ0v) is 16.3. The molecular formula is C21H17ClN4O3. The lowest BCUT2D eigenvalue weighted by molar-refractivity contribution is -0.126. The molecular weight excluding hydrogens is 392 g/mol. The van der Waals surface area contributed by atoms with E-state index in [4.69, 9.17) is 16.3 Å². The maximum absolute atomic E-state index is 13.9. The third-order valence-electron chi connectivity index (χ3n) is 5.61. The first kappa shape index (κ1) is 17.8. The van der Waals surface area contributed by atoms with E-state index in [0.717, 1.165) is 16.8 Å². The molecule has 0 fully saturated rings. The normalized spacial score (nSPS) is 19.9. The Morgan fingerprint density at radius 2 is 1.97 bits per heavy atom. The Bertz CT molecular complexity index is 1140. The van der Waals surface area contributed by atoms with E-state index >= 15 is 0 Å². The Hall–Kier alpha value is -3.32. The van der Waals surface area contributed by atoms with E-state index in [9.17, 15) is 9.59 Å². The summed E-state index contributed by atoms with van der Waals surface area (Å²) in [7, 11) is 1.58. The summed E-state index contributed by atoms with van der Waals surface area (Å²) in [5.74, 6) is 0.683. The molecule has 1 unspecified atom stereocenters. The molecule has 2 aliphatic rings. The number of benzene rings is 2. The highest BCUT2D eigenvalue weighted by atomic mass is 35.5. The summed E-state index contributed by atoms with van der Waals surface area (Å²) >= 11 is 6.00. The number of ether oxygens (including phenoxy) is 1. The van der Waals surface area contributed by atoms with Gasteiger partial charge in [-0.2, -0.15) is 5.10 Å². The van der Waals surface area contributed by atoms with Gasteiger partial charge in [-0.15, -0.1) is 0 Å². The molecule has 3 aromatic rings. The van der Waals surface area contributed by atoms with Gasteiger partial charge < -0.3 is 15.0 Å². The molecule has 5 rings (SSSR count). The molecule has 1 aromatic heterocycles. The van der Waals surface area contributed by atoms with Crippen molar-refractivity contribution in [1.29, 1.82) is 0 Å². The fraction of sp³-hybridized carbons (Fsp3) is 0.190. The minimum atomic E-state index is -1.14. The second-order valence-electron chi connectivity index (χ2n) is 7.19. The van der Waals surface area contributed by atoms with Gasteiger partial charge in [-0.25, -0.2) is 0 Å². The molecule has 2 N–H and O–H groups in total. The maximum atomic E-state index is 13.9. The van der Waals surface area contributed by atoms with Gasteiger partial charge >= 0.3 is 0 Å². The monoisotopic (exact) mass is 408 g/mol. The number of carbonyl (C=O) groups excluding carboxylic acids is 2. The van der Waals surface area contributed by atoms with Crippen molar-refractivity contribution in [2.45, 2.75) is 18.4 Å². The quantitative estimate of drug-likeness (QED) is 0.696. The summed E-state index contributed by atoms with van der Waals surface area (Å²) in [6.07, 6.45) is 1.62. The van der Waals surface area contributed by atoms with E-state index in [1.807, 2.05) is 30.3 Å². The number of aromatic nitrogens is 2. The SMILES string of the molecule is COc1ccc2c(c1)C1(CC(=O)Nc3[nH]ncc31)C(=O)N2Cc1ccc(Cl)cc1. The van der Waals surface area contributed by atoms with Crippen LogP contribution in [0.2, 0.25) is 5.02 Å². The molecule has 0 radical (unpaired) electrons. The standard InChI is InChI=1S/C21H17ClN4O3/c1-29-14-6-7-17-15(8-14)21(9-18(27)24-19-16(21)10-23-25-19)20(28)26(17)11-12-2-4-13(22)5-3-12/h2-8,10H,9,11H2,1H3,(H2,23,24,25,27). The van der Waals surface area contributed by atoms with Crippen molar-refractivity contribution in [3.63, 3.8) is 0 Å². The van der Waals surface area contributed by atoms with Crippen LogP contribution in [0.4, 0.5) is 11.5 Å². The van der Waals surface area contributed by atoms with E-state index in [0.29, 0.717) is 28.7 Å². The van der Waals surface area contributed by atoms with Gasteiger partial charge in [-0.1, -0.05) is 23.7 Å². The van der Waals surface area contributed by atoms with Crippen LogP contribution in [-0.4, -0.2) is 29.1 Å². The maximum Gasteiger partial charge on any atom is 0.243 e. The molecule has 0 aliphatic carbocycles. The molecule has 2 amide bonds. The topological polar surface area (TPSA) is 87.3 Å². The van der Waals surface area contributed by atoms with Gasteiger partial charge in [0.1, 0.15) is 17.0 Å². The Kier molecular flexibility index (Phi) is 3.89. The summed E-state index contributed by atoms with van der Waals surface area (Å²) in [5.41, 5.74) is 1.96. The van der Waals surface area contributed by atoms with Crippen LogP contribution < -0.4 is 15.0 Å². The van der Waals surface area contributed by atoms with Crippen molar-refractivity contribution in [3.8, 4) is 5.75 Å². The Labute approximate surface area is 171 Å². The van der Waals surface area contributed by atoms with Gasteiger partial charge in [0.2, 0.25) is 11.8 Å². The van der Waals surface area contributed by atoms with Gasteiger partial charge in [0, 0.05) is 28.3 Å². The van der Waals surface area contributed by atoms with Gasteiger partial charge in [-0.05, 0) is 35.9 Å². The van der Waals surface area contributed by atoms with E-state index in [2.05, 4.69) is 15.5 Å². The van der Waals surface area contributed by atoms with Crippen LogP contribution >= 0.6 is 11.6 Å². The molecule has 0 bridgehead atoms. The number of amides is 2. The first-order valence-corrected chi connectivity index (χ1v) is 9.49. The average Bonchev–Trinajstić information content (AvgIpc) is 3.27. The van der Waals surface area contributed by atoms with Crippen molar-refractivity contribution in [2.75, 3.05) is 17.3 Å². The summed E-state index contributed by atoms with van der Waals surface area (Å²) in [6, 6.07) is 12.9. The highest BCUT2D eigenvalue weighted by molar-refractivity contribution is 6.30. The van der Waals surface area contributed by atoms with Gasteiger partial charge in [0.05, 0.1) is 19.9 Å². The van der Waals surface area contributed by atoms with E-state index in [1.165, 1.54) is 0 Å². The number of aromatic amines is 1. The number of anilines is 2. The highest BCUT2D eigenvalue weighted by Crippen LogP contribution is 2.52. The molecule has 1 atom stereocenters. The van der Waals surface area contributed by atoms with Crippen molar-refractivity contribution in [3.05, 3.63) is 70.4 Å². The third-order valence-corrected chi connectivity index (χ3v) is 5.86. The van der Waals surface area contributed by atoms with Gasteiger partial charge in [-0.3, -0.25) is 14.7 Å². The first-order valence-electron chi connectivity index (χ1n) is 9.11. The van der Waals surface area contributed by atoms with Crippen molar-refractivity contribution >= 4 is 34.9 Å². The number of hydrogen-bond acceptors (Lipinski definition) is 4. The lowest BCUT2D eigenvalue weighted by Crippen LogP contribution is -2.46. The van der Waals surface area contributed by atoms with Crippen LogP contribution in [0.1, 0.15) is 23.1 Å². The van der Waals surface area contributed by atoms with Crippen LogP contribution in [0.25, 0.3) is 0 Å². The fourth-order valence-corrected chi connectivity index (χ4v) is 4.39. The predicted molar refractivity (Wildman–Crippen MR) is 108 cm³/mol. The Balaban J connectivity index is 1.69. The number of fused-ring (bicyclic) bond motifs is 4. The zero-order valence-electron chi connectivity index (χ0n) is 15.5. The van der Waals surface area contributed by atoms with E-state index < -0.39 is 5.41 Å². The zero-order chi connectivity index (χ0) is 20.2. The minimum absolute atomic E-state index is 0.00958. The molecule has 2 aromatic carbocycles. The second kappa shape index (κ2) is 6.35. The van der Waals surface area contributed by atoms with Crippen LogP contribution in [0, 0.1) is 0 Å². The summed E-state index contributed by atoms with van der Waals surface area (Å²) in [6.45, 7) is 0.367. The van der Waals surface area contributed by atoms with Crippen molar-refractivity contribution < 1.29 is 14.3 Å². The first-order chi connectivity index (χ1) is 14.0. The predicted octanol–water partition coefficient (Wildman–Crippen LogP) is 3.25. The van der Waals surface area contributed by atoms with Crippen LogP contribution in [-0.2, 0) is 21.5 Å². The number of carbonyl (C=O) groups is 2. The number of nitrogens with one attached hydrogen (secondary N) is 2. The number of hydrogen-bond donors (Lipinski definition) is 2. The lowest BCUT2D eigenvalue weighted by Gasteiger charge is -2.32. The largest absolute Gasteiger partial charge is 0.497 e. The fourth-order valence-electron chi connectivity index (χ4n) is 4.26. The number of halogens is 1. The lowest BCUT2D eigenvalue weighted by atomic mass is 9.72. The van der Waals surface area contributed by atoms with Crippen LogP contribution in [0.15, 0.2) is 48.7 Å².